The predicted octanol–water partition coefficient (Wildman–Crippen LogP) is 6.84. The average molecular weight is 458 g/mol. The van der Waals surface area contributed by atoms with Gasteiger partial charge in [-0.15, -0.1) is 0 Å². The fourth-order valence-corrected chi connectivity index (χ4v) is 3.47. The molecule has 8 nitrogen and oxygen atoms in total. The van der Waals surface area contributed by atoms with Crippen molar-refractivity contribution in [3.63, 3.8) is 0 Å². The second-order valence-electron chi connectivity index (χ2n) is 7.75. The van der Waals surface area contributed by atoms with Crippen LogP contribution in [0.4, 0.5) is 28.4 Å². The lowest BCUT2D eigenvalue weighted by atomic mass is 10.2. The highest BCUT2D eigenvalue weighted by molar-refractivity contribution is 5.89. The zero-order valence-corrected chi connectivity index (χ0v) is 19.3. The van der Waals surface area contributed by atoms with Crippen LogP contribution in [0.25, 0.3) is 0 Å². The van der Waals surface area contributed by atoms with Crippen LogP contribution >= 0.6 is 0 Å². The quantitative estimate of drug-likeness (QED) is 0.287. The van der Waals surface area contributed by atoms with Crippen molar-refractivity contribution in [3.8, 4) is 0 Å². The Kier molecular flexibility index (Phi) is 7.72. The van der Waals surface area contributed by atoms with Crippen LogP contribution in [0.3, 0.4) is 0 Å². The van der Waals surface area contributed by atoms with Crippen molar-refractivity contribution >= 4 is 34.4 Å². The Balaban J connectivity index is 1.38. The van der Waals surface area contributed by atoms with E-state index >= 15 is 0 Å². The number of aryl methyl sites for hydroxylation is 1. The van der Waals surface area contributed by atoms with Crippen LogP contribution < -0.4 is 4.90 Å². The first-order valence-electron chi connectivity index (χ1n) is 11.3. The summed E-state index contributed by atoms with van der Waals surface area (Å²) in [7, 11) is 0. The molecule has 8 heteroatoms. The van der Waals surface area contributed by atoms with Crippen molar-refractivity contribution < 1.29 is 14.3 Å². The summed E-state index contributed by atoms with van der Waals surface area (Å²) in [5.41, 5.74) is 5.52. The summed E-state index contributed by atoms with van der Waals surface area (Å²) < 4.78 is 10.4. The van der Waals surface area contributed by atoms with Gasteiger partial charge in [0, 0.05) is 18.8 Å². The third-order valence-corrected chi connectivity index (χ3v) is 5.34. The lowest BCUT2D eigenvalue weighted by Gasteiger charge is -2.28. The van der Waals surface area contributed by atoms with Gasteiger partial charge < -0.3 is 14.4 Å². The van der Waals surface area contributed by atoms with Crippen LogP contribution in [0, 0.1) is 6.92 Å². The van der Waals surface area contributed by atoms with Gasteiger partial charge in [0.2, 0.25) is 0 Å². The second kappa shape index (κ2) is 11.3. The lowest BCUT2D eigenvalue weighted by molar-refractivity contribution is 0.0526. The first kappa shape index (κ1) is 23.3. The van der Waals surface area contributed by atoms with E-state index in [0.717, 1.165) is 48.9 Å². The monoisotopic (exact) mass is 457 g/mol. The molecule has 0 unspecified atom stereocenters. The Morgan fingerprint density at radius 1 is 0.853 bits per heavy atom. The zero-order chi connectivity index (χ0) is 23.8. The van der Waals surface area contributed by atoms with Crippen molar-refractivity contribution in [1.29, 1.82) is 0 Å². The third-order valence-electron chi connectivity index (χ3n) is 5.34. The molecular formula is C26H27N5O3. The van der Waals surface area contributed by atoms with E-state index in [4.69, 9.17) is 9.47 Å². The minimum atomic E-state index is -0.348. The number of esters is 1. The molecule has 4 rings (SSSR count). The third kappa shape index (κ3) is 6.11. The van der Waals surface area contributed by atoms with Crippen LogP contribution in [-0.4, -0.2) is 38.9 Å². The zero-order valence-electron chi connectivity index (χ0n) is 19.3. The van der Waals surface area contributed by atoms with Gasteiger partial charge in [0.05, 0.1) is 48.1 Å². The van der Waals surface area contributed by atoms with Gasteiger partial charge in [-0.2, -0.15) is 20.5 Å². The molecule has 3 aromatic carbocycles. The van der Waals surface area contributed by atoms with E-state index in [9.17, 15) is 4.79 Å². The molecule has 0 amide bonds. The normalized spacial score (nSPS) is 14.1. The molecule has 0 aliphatic carbocycles. The van der Waals surface area contributed by atoms with Gasteiger partial charge >= 0.3 is 5.97 Å². The van der Waals surface area contributed by atoms with Crippen molar-refractivity contribution in [2.75, 3.05) is 37.8 Å². The fraction of sp³-hybridized carbons (Fsp3) is 0.269. The number of benzene rings is 3. The minimum Gasteiger partial charge on any atom is -0.462 e. The molecule has 1 aliphatic rings. The summed E-state index contributed by atoms with van der Waals surface area (Å²) in [6, 6.07) is 20.5. The number of nitrogens with zero attached hydrogens (tertiary/aromatic N) is 5. The largest absolute Gasteiger partial charge is 0.462 e. The number of rotatable bonds is 7. The molecule has 0 bridgehead atoms. The van der Waals surface area contributed by atoms with E-state index in [1.165, 1.54) is 5.69 Å². The van der Waals surface area contributed by atoms with Crippen LogP contribution in [0.1, 0.15) is 22.8 Å². The van der Waals surface area contributed by atoms with Gasteiger partial charge in [-0.05, 0) is 86.1 Å². The Morgan fingerprint density at radius 2 is 1.44 bits per heavy atom. The van der Waals surface area contributed by atoms with Crippen LogP contribution in [0.15, 0.2) is 87.2 Å². The summed E-state index contributed by atoms with van der Waals surface area (Å²) in [5, 5.41) is 17.3. The summed E-state index contributed by atoms with van der Waals surface area (Å²) in [6.45, 7) is 7.41. The Labute approximate surface area is 199 Å². The molecule has 3 aromatic rings. The number of azo groups is 2. The first-order valence-corrected chi connectivity index (χ1v) is 11.3. The minimum absolute atomic E-state index is 0.344. The van der Waals surface area contributed by atoms with E-state index in [1.54, 1.807) is 31.2 Å². The Bertz CT molecular complexity index is 1170. The number of hydrogen-bond acceptors (Lipinski definition) is 8. The maximum atomic E-state index is 11.7. The van der Waals surface area contributed by atoms with Gasteiger partial charge in [0.1, 0.15) is 0 Å². The molecular weight excluding hydrogens is 430 g/mol. The topological polar surface area (TPSA) is 88.2 Å². The lowest BCUT2D eigenvalue weighted by Crippen LogP contribution is -2.36. The number of morpholine rings is 1. The SMILES string of the molecule is CCOC(=O)c1ccc(N=Nc2ccc(N=Nc3ccc(N4CCOCC4)cc3)cc2C)cc1. The highest BCUT2D eigenvalue weighted by atomic mass is 16.5. The van der Waals surface area contributed by atoms with Crippen molar-refractivity contribution in [1.82, 2.24) is 0 Å². The molecule has 0 aromatic heterocycles. The van der Waals surface area contributed by atoms with Crippen LogP contribution in [0.2, 0.25) is 0 Å². The molecule has 1 fully saturated rings. The van der Waals surface area contributed by atoms with E-state index < -0.39 is 0 Å². The summed E-state index contributed by atoms with van der Waals surface area (Å²) in [5.74, 6) is -0.348. The fourth-order valence-electron chi connectivity index (χ4n) is 3.47. The van der Waals surface area contributed by atoms with E-state index in [0.29, 0.717) is 17.9 Å². The smallest absolute Gasteiger partial charge is 0.338 e. The van der Waals surface area contributed by atoms with Crippen molar-refractivity contribution in [3.05, 3.63) is 77.9 Å². The summed E-state index contributed by atoms with van der Waals surface area (Å²) >= 11 is 0. The number of carbonyl (C=O) groups excluding carboxylic acids is 1. The Hall–Kier alpha value is -3.91. The van der Waals surface area contributed by atoms with E-state index in [1.807, 2.05) is 37.3 Å². The molecule has 0 atom stereocenters. The molecule has 34 heavy (non-hydrogen) atoms. The molecule has 0 radical (unpaired) electrons. The number of carbonyl (C=O) groups is 1. The Morgan fingerprint density at radius 3 is 2.09 bits per heavy atom. The number of ether oxygens (including phenoxy) is 2. The van der Waals surface area contributed by atoms with Crippen LogP contribution in [-0.2, 0) is 9.47 Å². The standard InChI is InChI=1S/C26H27N5O3/c1-3-34-26(32)20-4-6-21(7-5-20)28-30-25-13-10-23(18-19(25)2)29-27-22-8-11-24(12-9-22)31-14-16-33-17-15-31/h4-13,18H,3,14-17H2,1-2H3. The summed E-state index contributed by atoms with van der Waals surface area (Å²) in [4.78, 5) is 14.0. The van der Waals surface area contributed by atoms with E-state index in [2.05, 4.69) is 37.5 Å². The number of anilines is 1. The van der Waals surface area contributed by atoms with Crippen molar-refractivity contribution in [2.45, 2.75) is 13.8 Å². The second-order valence-corrected chi connectivity index (χ2v) is 7.75. The predicted molar refractivity (Wildman–Crippen MR) is 131 cm³/mol. The van der Waals surface area contributed by atoms with Gasteiger partial charge in [-0.1, -0.05) is 0 Å². The van der Waals surface area contributed by atoms with Gasteiger partial charge in [0.15, 0.2) is 0 Å². The van der Waals surface area contributed by atoms with Gasteiger partial charge in [-0.3, -0.25) is 0 Å². The highest BCUT2D eigenvalue weighted by Crippen LogP contribution is 2.28. The summed E-state index contributed by atoms with van der Waals surface area (Å²) in [6.07, 6.45) is 0. The van der Waals surface area contributed by atoms with Gasteiger partial charge in [-0.25, -0.2) is 4.79 Å². The van der Waals surface area contributed by atoms with Gasteiger partial charge in [0.25, 0.3) is 0 Å². The molecule has 1 saturated heterocycles. The molecule has 1 aliphatic heterocycles. The number of hydrogen-bond donors (Lipinski definition) is 0. The van der Waals surface area contributed by atoms with E-state index in [-0.39, 0.29) is 5.97 Å². The van der Waals surface area contributed by atoms with Crippen molar-refractivity contribution in [2.24, 2.45) is 20.5 Å². The average Bonchev–Trinajstić information content (AvgIpc) is 2.88. The molecule has 174 valence electrons. The molecule has 0 spiro atoms. The molecule has 1 heterocycles. The first-order chi connectivity index (χ1) is 16.6. The van der Waals surface area contributed by atoms with Crippen LogP contribution in [0.5, 0.6) is 0 Å². The molecule has 0 N–H and O–H groups in total. The highest BCUT2D eigenvalue weighted by Gasteiger charge is 2.10. The maximum absolute atomic E-state index is 11.7. The molecule has 0 saturated carbocycles. The maximum Gasteiger partial charge on any atom is 0.338 e.